The van der Waals surface area contributed by atoms with Crippen molar-refractivity contribution in [3.63, 3.8) is 0 Å². The molecule has 1 atom stereocenters. The number of carbonyl (C=O) groups is 1. The molecule has 1 aromatic heterocycles. The van der Waals surface area contributed by atoms with Gasteiger partial charge >= 0.3 is 5.97 Å². The SMILES string of the molecule is CCCC(C(=O)O)N(Cc1ccsc1)C1CC1. The zero-order chi connectivity index (χ0) is 12.3. The first kappa shape index (κ1) is 12.6. The van der Waals surface area contributed by atoms with Gasteiger partial charge in [-0.2, -0.15) is 11.3 Å². The fourth-order valence-corrected chi connectivity index (χ4v) is 2.86. The highest BCUT2D eigenvalue weighted by molar-refractivity contribution is 7.07. The van der Waals surface area contributed by atoms with Gasteiger partial charge in [-0.15, -0.1) is 0 Å². The summed E-state index contributed by atoms with van der Waals surface area (Å²) in [6.45, 7) is 2.83. The molecule has 0 aliphatic heterocycles. The first-order valence-corrected chi connectivity index (χ1v) is 7.16. The van der Waals surface area contributed by atoms with Gasteiger partial charge in [0.25, 0.3) is 0 Å². The van der Waals surface area contributed by atoms with Crippen molar-refractivity contribution in [2.24, 2.45) is 0 Å². The van der Waals surface area contributed by atoms with E-state index in [9.17, 15) is 9.90 Å². The molecule has 1 aliphatic carbocycles. The Balaban J connectivity index is 2.06. The molecular formula is C13H19NO2S. The molecule has 1 aromatic rings. The number of carboxylic acids is 1. The molecule has 0 bridgehead atoms. The third-order valence-corrected chi connectivity index (χ3v) is 3.94. The summed E-state index contributed by atoms with van der Waals surface area (Å²) in [6.07, 6.45) is 3.97. The fraction of sp³-hybridized carbons (Fsp3) is 0.615. The van der Waals surface area contributed by atoms with Crippen LogP contribution in [0.3, 0.4) is 0 Å². The molecule has 1 heterocycles. The van der Waals surface area contributed by atoms with Crippen molar-refractivity contribution in [2.45, 2.75) is 51.2 Å². The van der Waals surface area contributed by atoms with Crippen LogP contribution in [0.1, 0.15) is 38.2 Å². The number of thiophene rings is 1. The van der Waals surface area contributed by atoms with Crippen LogP contribution in [0, 0.1) is 0 Å². The van der Waals surface area contributed by atoms with E-state index < -0.39 is 5.97 Å². The average Bonchev–Trinajstić information content (AvgIpc) is 3.01. The van der Waals surface area contributed by atoms with Crippen molar-refractivity contribution in [1.82, 2.24) is 4.90 Å². The minimum atomic E-state index is -0.672. The van der Waals surface area contributed by atoms with Gasteiger partial charge < -0.3 is 5.11 Å². The van der Waals surface area contributed by atoms with E-state index in [-0.39, 0.29) is 6.04 Å². The quantitative estimate of drug-likeness (QED) is 0.812. The van der Waals surface area contributed by atoms with E-state index in [4.69, 9.17) is 0 Å². The van der Waals surface area contributed by atoms with Crippen LogP contribution >= 0.6 is 11.3 Å². The first-order valence-electron chi connectivity index (χ1n) is 6.22. The zero-order valence-corrected chi connectivity index (χ0v) is 10.9. The van der Waals surface area contributed by atoms with Crippen LogP contribution in [0.4, 0.5) is 0 Å². The van der Waals surface area contributed by atoms with E-state index in [0.717, 1.165) is 32.2 Å². The maximum Gasteiger partial charge on any atom is 0.320 e. The molecule has 1 unspecified atom stereocenters. The number of rotatable bonds is 7. The highest BCUT2D eigenvalue weighted by Gasteiger charge is 2.36. The molecule has 17 heavy (non-hydrogen) atoms. The van der Waals surface area contributed by atoms with Crippen LogP contribution in [0.25, 0.3) is 0 Å². The third-order valence-electron chi connectivity index (χ3n) is 3.21. The lowest BCUT2D eigenvalue weighted by molar-refractivity contribution is -0.144. The van der Waals surface area contributed by atoms with E-state index in [1.165, 1.54) is 5.56 Å². The Labute approximate surface area is 106 Å². The van der Waals surface area contributed by atoms with E-state index in [1.54, 1.807) is 11.3 Å². The Morgan fingerprint density at radius 2 is 2.41 bits per heavy atom. The van der Waals surface area contributed by atoms with Gasteiger partial charge in [0.05, 0.1) is 0 Å². The van der Waals surface area contributed by atoms with Crippen molar-refractivity contribution >= 4 is 17.3 Å². The van der Waals surface area contributed by atoms with Gasteiger partial charge in [-0.3, -0.25) is 9.69 Å². The monoisotopic (exact) mass is 253 g/mol. The van der Waals surface area contributed by atoms with E-state index in [0.29, 0.717) is 6.04 Å². The van der Waals surface area contributed by atoms with Crippen LogP contribution in [-0.4, -0.2) is 28.1 Å². The number of carboxylic acid groups (broad SMARTS) is 1. The van der Waals surface area contributed by atoms with E-state index in [1.807, 2.05) is 6.92 Å². The molecule has 0 aromatic carbocycles. The second kappa shape index (κ2) is 5.65. The largest absolute Gasteiger partial charge is 0.480 e. The Hall–Kier alpha value is -0.870. The molecule has 0 radical (unpaired) electrons. The summed E-state index contributed by atoms with van der Waals surface area (Å²) in [5.74, 6) is -0.672. The molecule has 1 saturated carbocycles. The van der Waals surface area contributed by atoms with Gasteiger partial charge in [0.2, 0.25) is 0 Å². The molecule has 0 spiro atoms. The Morgan fingerprint density at radius 3 is 2.88 bits per heavy atom. The number of hydrogen-bond donors (Lipinski definition) is 1. The van der Waals surface area contributed by atoms with E-state index >= 15 is 0 Å². The normalized spacial score (nSPS) is 17.3. The van der Waals surface area contributed by atoms with Crippen LogP contribution < -0.4 is 0 Å². The van der Waals surface area contributed by atoms with Crippen molar-refractivity contribution < 1.29 is 9.90 Å². The Kier molecular flexibility index (Phi) is 4.18. The second-order valence-electron chi connectivity index (χ2n) is 4.68. The second-order valence-corrected chi connectivity index (χ2v) is 5.46. The molecule has 94 valence electrons. The van der Waals surface area contributed by atoms with Gasteiger partial charge in [-0.05, 0) is 41.7 Å². The standard InChI is InChI=1S/C13H19NO2S/c1-2-3-12(13(15)16)14(11-4-5-11)8-10-6-7-17-9-10/h6-7,9,11-12H,2-5,8H2,1H3,(H,15,16). The van der Waals surface area contributed by atoms with Gasteiger partial charge in [-0.1, -0.05) is 13.3 Å². The minimum Gasteiger partial charge on any atom is -0.480 e. The molecule has 1 aliphatic rings. The molecule has 4 heteroatoms. The summed E-state index contributed by atoms with van der Waals surface area (Å²) >= 11 is 1.67. The lowest BCUT2D eigenvalue weighted by atomic mass is 10.1. The summed E-state index contributed by atoms with van der Waals surface area (Å²) < 4.78 is 0. The Morgan fingerprint density at radius 1 is 1.65 bits per heavy atom. The van der Waals surface area contributed by atoms with Crippen molar-refractivity contribution in [2.75, 3.05) is 0 Å². The van der Waals surface area contributed by atoms with Crippen molar-refractivity contribution in [1.29, 1.82) is 0 Å². The van der Waals surface area contributed by atoms with E-state index in [2.05, 4.69) is 21.7 Å². The summed E-state index contributed by atoms with van der Waals surface area (Å²) in [4.78, 5) is 13.5. The summed E-state index contributed by atoms with van der Waals surface area (Å²) in [7, 11) is 0. The lowest BCUT2D eigenvalue weighted by Gasteiger charge is -2.28. The third kappa shape index (κ3) is 3.30. The zero-order valence-electron chi connectivity index (χ0n) is 10.1. The average molecular weight is 253 g/mol. The summed E-state index contributed by atoms with van der Waals surface area (Å²) in [6, 6.07) is 2.26. The molecule has 1 fully saturated rings. The van der Waals surface area contributed by atoms with Crippen LogP contribution in [0.2, 0.25) is 0 Å². The highest BCUT2D eigenvalue weighted by atomic mass is 32.1. The predicted octanol–water partition coefficient (Wildman–Crippen LogP) is 2.97. The van der Waals surface area contributed by atoms with Gasteiger partial charge in [-0.25, -0.2) is 0 Å². The number of aliphatic carboxylic acids is 1. The van der Waals surface area contributed by atoms with Gasteiger partial charge in [0, 0.05) is 12.6 Å². The van der Waals surface area contributed by atoms with Crippen LogP contribution in [0.5, 0.6) is 0 Å². The molecule has 1 N–H and O–H groups in total. The molecule has 0 saturated heterocycles. The Bertz CT molecular complexity index is 360. The van der Waals surface area contributed by atoms with Crippen molar-refractivity contribution in [3.8, 4) is 0 Å². The minimum absolute atomic E-state index is 0.313. The van der Waals surface area contributed by atoms with Gasteiger partial charge in [0.15, 0.2) is 0 Å². The molecule has 3 nitrogen and oxygen atoms in total. The maximum absolute atomic E-state index is 11.4. The maximum atomic E-state index is 11.4. The number of hydrogen-bond acceptors (Lipinski definition) is 3. The molecule has 2 rings (SSSR count). The van der Waals surface area contributed by atoms with Crippen molar-refractivity contribution in [3.05, 3.63) is 22.4 Å². The molecule has 0 amide bonds. The molecular weight excluding hydrogens is 234 g/mol. The lowest BCUT2D eigenvalue weighted by Crippen LogP contribution is -2.42. The first-order chi connectivity index (χ1) is 8.22. The van der Waals surface area contributed by atoms with Gasteiger partial charge in [0.1, 0.15) is 6.04 Å². The summed E-state index contributed by atoms with van der Waals surface area (Å²) in [5.41, 5.74) is 1.24. The van der Waals surface area contributed by atoms with Crippen LogP contribution in [0.15, 0.2) is 16.8 Å². The topological polar surface area (TPSA) is 40.5 Å². The fourth-order valence-electron chi connectivity index (χ4n) is 2.20. The smallest absolute Gasteiger partial charge is 0.320 e. The predicted molar refractivity (Wildman–Crippen MR) is 69.2 cm³/mol. The highest BCUT2D eigenvalue weighted by Crippen LogP contribution is 2.31. The summed E-state index contributed by atoms with van der Waals surface area (Å²) in [5, 5.41) is 13.5. The number of nitrogens with zero attached hydrogens (tertiary/aromatic N) is 1. The van der Waals surface area contributed by atoms with Crippen LogP contribution in [-0.2, 0) is 11.3 Å².